The Hall–Kier alpha value is -0.570. The number of hydrogen-bond acceptors (Lipinski definition) is 2. The number of ketones is 1. The van der Waals surface area contributed by atoms with Gasteiger partial charge in [0, 0.05) is 25.2 Å². The molecule has 4 heteroatoms. The molecule has 0 spiro atoms. The Balaban J connectivity index is 2.50. The van der Waals surface area contributed by atoms with Gasteiger partial charge in [-0.2, -0.15) is 0 Å². The minimum atomic E-state index is 0.0678. The third-order valence-corrected chi connectivity index (χ3v) is 2.88. The summed E-state index contributed by atoms with van der Waals surface area (Å²) in [6, 6.07) is 4.93. The van der Waals surface area contributed by atoms with Crippen molar-refractivity contribution in [3.05, 3.63) is 33.8 Å². The molecule has 0 saturated carbocycles. The molecule has 0 aromatic heterocycles. The third kappa shape index (κ3) is 4.12. The summed E-state index contributed by atoms with van der Waals surface area (Å²) in [5.41, 5.74) is 0.603. The minimum Gasteiger partial charge on any atom is -0.382 e. The highest BCUT2D eigenvalue weighted by Crippen LogP contribution is 2.23. The lowest BCUT2D eigenvalue weighted by Gasteiger charge is -2.03. The summed E-state index contributed by atoms with van der Waals surface area (Å²) in [4.78, 5) is 11.7. The van der Waals surface area contributed by atoms with Gasteiger partial charge in [-0.05, 0) is 31.5 Å². The van der Waals surface area contributed by atoms with Gasteiger partial charge in [-0.1, -0.05) is 23.2 Å². The van der Waals surface area contributed by atoms with E-state index in [-0.39, 0.29) is 5.78 Å². The van der Waals surface area contributed by atoms with E-state index >= 15 is 0 Å². The molecule has 88 valence electrons. The highest BCUT2D eigenvalue weighted by molar-refractivity contribution is 6.42. The molecule has 0 saturated heterocycles. The van der Waals surface area contributed by atoms with E-state index in [0.29, 0.717) is 35.2 Å². The number of rotatable bonds is 6. The van der Waals surface area contributed by atoms with Gasteiger partial charge in [-0.25, -0.2) is 0 Å². The van der Waals surface area contributed by atoms with E-state index in [1.54, 1.807) is 18.2 Å². The van der Waals surface area contributed by atoms with Crippen LogP contribution in [0.2, 0.25) is 10.0 Å². The van der Waals surface area contributed by atoms with Gasteiger partial charge >= 0.3 is 0 Å². The van der Waals surface area contributed by atoms with Crippen LogP contribution in [0.15, 0.2) is 18.2 Å². The first-order chi connectivity index (χ1) is 7.65. The van der Waals surface area contributed by atoms with E-state index in [9.17, 15) is 4.79 Å². The van der Waals surface area contributed by atoms with E-state index in [1.165, 1.54) is 0 Å². The number of Topliss-reactive ketones (excluding diaryl/α,β-unsaturated/α-hetero) is 1. The Bertz CT molecular complexity index is 364. The second-order valence-corrected chi connectivity index (χ2v) is 4.17. The van der Waals surface area contributed by atoms with E-state index in [4.69, 9.17) is 27.9 Å². The van der Waals surface area contributed by atoms with Crippen molar-refractivity contribution in [1.82, 2.24) is 0 Å². The molecular formula is C12H14Cl2O2. The molecule has 0 heterocycles. The second kappa shape index (κ2) is 6.89. The van der Waals surface area contributed by atoms with Crippen molar-refractivity contribution in [2.24, 2.45) is 0 Å². The predicted molar refractivity (Wildman–Crippen MR) is 66.5 cm³/mol. The lowest BCUT2D eigenvalue weighted by molar-refractivity contribution is 0.0947. The third-order valence-electron chi connectivity index (χ3n) is 2.14. The van der Waals surface area contributed by atoms with Crippen LogP contribution in [0.5, 0.6) is 0 Å². The number of carbonyl (C=O) groups is 1. The molecule has 16 heavy (non-hydrogen) atoms. The highest BCUT2D eigenvalue weighted by Gasteiger charge is 2.07. The molecule has 1 aromatic carbocycles. The summed E-state index contributed by atoms with van der Waals surface area (Å²) in [6.07, 6.45) is 1.20. The van der Waals surface area contributed by atoms with Gasteiger partial charge in [0.05, 0.1) is 10.0 Å². The fraction of sp³-hybridized carbons (Fsp3) is 0.417. The van der Waals surface area contributed by atoms with Crippen LogP contribution in [0.4, 0.5) is 0 Å². The minimum absolute atomic E-state index is 0.0678. The number of halogens is 2. The molecular weight excluding hydrogens is 247 g/mol. The van der Waals surface area contributed by atoms with Gasteiger partial charge in [0.15, 0.2) is 5.78 Å². The van der Waals surface area contributed by atoms with Gasteiger partial charge in [0.1, 0.15) is 0 Å². The first-order valence-corrected chi connectivity index (χ1v) is 5.96. The Kier molecular flexibility index (Phi) is 5.81. The summed E-state index contributed by atoms with van der Waals surface area (Å²) in [6.45, 7) is 3.23. The molecule has 0 N–H and O–H groups in total. The Labute approximate surface area is 106 Å². The zero-order valence-electron chi connectivity index (χ0n) is 9.13. The number of carbonyl (C=O) groups excluding carboxylic acids is 1. The van der Waals surface area contributed by atoms with E-state index in [1.807, 2.05) is 6.92 Å². The van der Waals surface area contributed by atoms with E-state index < -0.39 is 0 Å². The molecule has 0 unspecified atom stereocenters. The van der Waals surface area contributed by atoms with Crippen molar-refractivity contribution < 1.29 is 9.53 Å². The van der Waals surface area contributed by atoms with Gasteiger partial charge in [-0.15, -0.1) is 0 Å². The SMILES string of the molecule is CCOCCCC(=O)c1ccc(Cl)c(Cl)c1. The largest absolute Gasteiger partial charge is 0.382 e. The van der Waals surface area contributed by atoms with Gasteiger partial charge in [0.2, 0.25) is 0 Å². The van der Waals surface area contributed by atoms with Crippen molar-refractivity contribution in [2.75, 3.05) is 13.2 Å². The zero-order valence-corrected chi connectivity index (χ0v) is 10.6. The van der Waals surface area contributed by atoms with Crippen molar-refractivity contribution in [3.63, 3.8) is 0 Å². The molecule has 0 amide bonds. The quantitative estimate of drug-likeness (QED) is 0.571. The van der Waals surface area contributed by atoms with E-state index in [0.717, 1.165) is 6.42 Å². The average Bonchev–Trinajstić information content (AvgIpc) is 2.28. The summed E-state index contributed by atoms with van der Waals surface area (Å²) >= 11 is 11.6. The monoisotopic (exact) mass is 260 g/mol. The molecule has 0 bridgehead atoms. The maximum absolute atomic E-state index is 11.7. The first-order valence-electron chi connectivity index (χ1n) is 5.21. The van der Waals surface area contributed by atoms with Crippen LogP contribution in [0.25, 0.3) is 0 Å². The van der Waals surface area contributed by atoms with Gasteiger partial charge < -0.3 is 4.74 Å². The van der Waals surface area contributed by atoms with Crippen molar-refractivity contribution in [2.45, 2.75) is 19.8 Å². The Morgan fingerprint density at radius 3 is 2.69 bits per heavy atom. The zero-order chi connectivity index (χ0) is 12.0. The van der Waals surface area contributed by atoms with Crippen LogP contribution >= 0.6 is 23.2 Å². The topological polar surface area (TPSA) is 26.3 Å². The summed E-state index contributed by atoms with van der Waals surface area (Å²) in [7, 11) is 0. The second-order valence-electron chi connectivity index (χ2n) is 3.35. The molecule has 1 aromatic rings. The number of benzene rings is 1. The Morgan fingerprint density at radius 2 is 2.06 bits per heavy atom. The molecule has 1 rings (SSSR count). The smallest absolute Gasteiger partial charge is 0.163 e. The van der Waals surface area contributed by atoms with Crippen molar-refractivity contribution >= 4 is 29.0 Å². The number of ether oxygens (including phenoxy) is 1. The van der Waals surface area contributed by atoms with Crippen LogP contribution < -0.4 is 0 Å². The number of hydrogen-bond donors (Lipinski definition) is 0. The normalized spacial score (nSPS) is 10.4. The summed E-state index contributed by atoms with van der Waals surface area (Å²) < 4.78 is 5.16. The standard InChI is InChI=1S/C12H14Cl2O2/c1-2-16-7-3-4-12(15)9-5-6-10(13)11(14)8-9/h5-6,8H,2-4,7H2,1H3. The fourth-order valence-electron chi connectivity index (χ4n) is 1.29. The molecule has 0 aliphatic carbocycles. The molecule has 2 nitrogen and oxygen atoms in total. The average molecular weight is 261 g/mol. The maximum atomic E-state index is 11.7. The van der Waals surface area contributed by atoms with Crippen LogP contribution in [-0.4, -0.2) is 19.0 Å². The predicted octanol–water partition coefficient (Wildman–Crippen LogP) is 3.99. The van der Waals surface area contributed by atoms with Crippen molar-refractivity contribution in [3.8, 4) is 0 Å². The first kappa shape index (κ1) is 13.5. The lowest BCUT2D eigenvalue weighted by atomic mass is 10.1. The summed E-state index contributed by atoms with van der Waals surface area (Å²) in [5, 5.41) is 0.879. The van der Waals surface area contributed by atoms with Crippen LogP contribution in [-0.2, 0) is 4.74 Å². The van der Waals surface area contributed by atoms with Gasteiger partial charge in [-0.3, -0.25) is 4.79 Å². The molecule has 0 aliphatic rings. The molecule has 0 atom stereocenters. The fourth-order valence-corrected chi connectivity index (χ4v) is 1.59. The van der Waals surface area contributed by atoms with E-state index in [2.05, 4.69) is 0 Å². The van der Waals surface area contributed by atoms with Crippen LogP contribution in [0.3, 0.4) is 0 Å². The van der Waals surface area contributed by atoms with Crippen LogP contribution in [0, 0.1) is 0 Å². The summed E-state index contributed by atoms with van der Waals surface area (Å²) in [5.74, 6) is 0.0678. The van der Waals surface area contributed by atoms with Gasteiger partial charge in [0.25, 0.3) is 0 Å². The molecule has 0 radical (unpaired) electrons. The molecule has 0 fully saturated rings. The van der Waals surface area contributed by atoms with Crippen LogP contribution in [0.1, 0.15) is 30.1 Å². The lowest BCUT2D eigenvalue weighted by Crippen LogP contribution is -2.02. The highest BCUT2D eigenvalue weighted by atomic mass is 35.5. The van der Waals surface area contributed by atoms with Crippen molar-refractivity contribution in [1.29, 1.82) is 0 Å². The molecule has 0 aliphatic heterocycles. The Morgan fingerprint density at radius 1 is 1.31 bits per heavy atom. The maximum Gasteiger partial charge on any atom is 0.163 e.